The maximum absolute atomic E-state index is 12.1. The number of amides is 1. The highest BCUT2D eigenvalue weighted by Crippen LogP contribution is 2.12. The fourth-order valence-corrected chi connectivity index (χ4v) is 4.36. The Kier molecular flexibility index (Phi) is 12.3. The van der Waals surface area contributed by atoms with Gasteiger partial charge < -0.3 is 21.1 Å². The number of hydrogen-bond donors (Lipinski definition) is 4. The molecule has 5 N–H and O–H groups in total. The van der Waals surface area contributed by atoms with Crippen molar-refractivity contribution in [1.82, 2.24) is 20.3 Å². The van der Waals surface area contributed by atoms with E-state index in [1.165, 1.54) is 0 Å². The summed E-state index contributed by atoms with van der Waals surface area (Å²) in [5, 5.41) is 6.37. The summed E-state index contributed by atoms with van der Waals surface area (Å²) >= 11 is 0. The molecule has 1 amide bonds. The van der Waals surface area contributed by atoms with E-state index in [2.05, 4.69) is 20.3 Å². The van der Waals surface area contributed by atoms with E-state index in [1.807, 2.05) is 4.90 Å². The average molecular weight is 546 g/mol. The number of nitrogens with two attached hydrogens (primary N) is 1. The van der Waals surface area contributed by atoms with Crippen LogP contribution in [0.4, 0.5) is 0 Å². The Balaban J connectivity index is 0.00000420. The van der Waals surface area contributed by atoms with Gasteiger partial charge in [0.1, 0.15) is 0 Å². The second-order valence-corrected chi connectivity index (χ2v) is 9.24. The number of primary amides is 1. The number of piperidine rings is 1. The summed E-state index contributed by atoms with van der Waals surface area (Å²) in [6, 6.07) is 0.230. The monoisotopic (exact) mass is 546 g/mol. The summed E-state index contributed by atoms with van der Waals surface area (Å²) < 4.78 is 32.5. The predicted molar refractivity (Wildman–Crippen MR) is 124 cm³/mol. The van der Waals surface area contributed by atoms with Crippen LogP contribution < -0.4 is 21.1 Å². The second-order valence-electron chi connectivity index (χ2n) is 7.32. The van der Waals surface area contributed by atoms with Crippen molar-refractivity contribution in [2.24, 2.45) is 10.7 Å². The first-order chi connectivity index (χ1) is 13.4. The number of ether oxygens (including phenoxy) is 1. The molecule has 0 bridgehead atoms. The molecule has 0 spiro atoms. The van der Waals surface area contributed by atoms with Crippen molar-refractivity contribution >= 4 is 45.9 Å². The van der Waals surface area contributed by atoms with Gasteiger partial charge in [-0.2, -0.15) is 0 Å². The van der Waals surface area contributed by atoms with Crippen molar-refractivity contribution in [2.45, 2.75) is 44.2 Å². The zero-order valence-corrected chi connectivity index (χ0v) is 20.2. The first-order valence-electron chi connectivity index (χ1n) is 9.95. The molecule has 0 aromatic carbocycles. The third kappa shape index (κ3) is 10.8. The summed E-state index contributed by atoms with van der Waals surface area (Å²) in [7, 11) is -1.71. The van der Waals surface area contributed by atoms with Crippen LogP contribution in [-0.2, 0) is 19.6 Å². The molecule has 0 aromatic heterocycles. The number of halogens is 1. The summed E-state index contributed by atoms with van der Waals surface area (Å²) in [5.41, 5.74) is 5.23. The predicted octanol–water partition coefficient (Wildman–Crippen LogP) is -0.792. The van der Waals surface area contributed by atoms with Crippen LogP contribution in [0.5, 0.6) is 0 Å². The van der Waals surface area contributed by atoms with E-state index in [-0.39, 0.29) is 60.9 Å². The smallest absolute Gasteiger partial charge is 0.231 e. The molecule has 2 rings (SSSR count). The molecule has 2 saturated heterocycles. The Morgan fingerprint density at radius 3 is 2.55 bits per heavy atom. The van der Waals surface area contributed by atoms with Gasteiger partial charge in [-0.1, -0.05) is 0 Å². The fourth-order valence-electron chi connectivity index (χ4n) is 3.41. The molecular weight excluding hydrogens is 511 g/mol. The molecule has 0 radical (unpaired) electrons. The first kappa shape index (κ1) is 26.3. The van der Waals surface area contributed by atoms with E-state index in [4.69, 9.17) is 10.5 Å². The second kappa shape index (κ2) is 13.6. The highest BCUT2D eigenvalue weighted by Gasteiger charge is 2.21. The molecule has 0 aromatic rings. The van der Waals surface area contributed by atoms with Crippen LogP contribution in [0.25, 0.3) is 0 Å². The number of guanidine groups is 1. The van der Waals surface area contributed by atoms with Gasteiger partial charge in [-0.25, -0.2) is 13.1 Å². The molecule has 29 heavy (non-hydrogen) atoms. The van der Waals surface area contributed by atoms with E-state index in [0.29, 0.717) is 19.1 Å². The number of nitrogens with one attached hydrogen (secondary N) is 3. The SMILES string of the molecule is CN=C(NCCS(=O)(=O)NCC1CCCCO1)NC1CCN(CC(N)=O)CC1.I. The number of carbonyl (C=O) groups is 1. The van der Waals surface area contributed by atoms with Crippen molar-refractivity contribution in [3.05, 3.63) is 0 Å². The topological polar surface area (TPSA) is 138 Å². The van der Waals surface area contributed by atoms with Crippen LogP contribution in [0, 0.1) is 0 Å². The molecule has 0 saturated carbocycles. The number of likely N-dealkylation sites (tertiary alicyclic amines) is 1. The summed E-state index contributed by atoms with van der Waals surface area (Å²) in [6.07, 6.45) is 4.74. The Morgan fingerprint density at radius 1 is 1.24 bits per heavy atom. The number of carbonyl (C=O) groups excluding carboxylic acids is 1. The van der Waals surface area contributed by atoms with Gasteiger partial charge in [0.25, 0.3) is 0 Å². The molecule has 1 atom stereocenters. The van der Waals surface area contributed by atoms with Crippen LogP contribution in [0.3, 0.4) is 0 Å². The van der Waals surface area contributed by atoms with E-state index in [1.54, 1.807) is 7.05 Å². The van der Waals surface area contributed by atoms with E-state index < -0.39 is 10.0 Å². The first-order valence-corrected chi connectivity index (χ1v) is 11.6. The van der Waals surface area contributed by atoms with Gasteiger partial charge in [0, 0.05) is 45.9 Å². The maximum atomic E-state index is 12.1. The number of sulfonamides is 1. The molecule has 2 fully saturated rings. The van der Waals surface area contributed by atoms with Crippen molar-refractivity contribution < 1.29 is 17.9 Å². The number of hydrogen-bond acceptors (Lipinski definition) is 6. The third-order valence-electron chi connectivity index (χ3n) is 5.00. The maximum Gasteiger partial charge on any atom is 0.231 e. The van der Waals surface area contributed by atoms with Crippen molar-refractivity contribution in [3.8, 4) is 0 Å². The molecule has 10 nitrogen and oxygen atoms in total. The summed E-state index contributed by atoms with van der Waals surface area (Å²) in [4.78, 5) is 17.2. The molecule has 1 unspecified atom stereocenters. The van der Waals surface area contributed by atoms with Crippen LogP contribution >= 0.6 is 24.0 Å². The summed E-state index contributed by atoms with van der Waals surface area (Å²) in [5.74, 6) is 0.241. The quantitative estimate of drug-likeness (QED) is 0.169. The normalized spacial score (nSPS) is 22.0. The zero-order valence-electron chi connectivity index (χ0n) is 17.1. The van der Waals surface area contributed by atoms with Gasteiger partial charge >= 0.3 is 0 Å². The lowest BCUT2D eigenvalue weighted by Gasteiger charge is -2.32. The Morgan fingerprint density at radius 2 is 1.97 bits per heavy atom. The third-order valence-corrected chi connectivity index (χ3v) is 6.35. The minimum atomic E-state index is -3.36. The zero-order chi connectivity index (χ0) is 20.4. The van der Waals surface area contributed by atoms with Crippen LogP contribution in [-0.4, -0.2) is 89.5 Å². The van der Waals surface area contributed by atoms with Crippen LogP contribution in [0.15, 0.2) is 4.99 Å². The molecule has 12 heteroatoms. The lowest BCUT2D eigenvalue weighted by atomic mass is 10.1. The minimum absolute atomic E-state index is 0. The molecule has 2 aliphatic heterocycles. The minimum Gasteiger partial charge on any atom is -0.377 e. The van der Waals surface area contributed by atoms with Crippen molar-refractivity contribution in [2.75, 3.05) is 52.1 Å². The van der Waals surface area contributed by atoms with Gasteiger partial charge in [0.05, 0.1) is 18.4 Å². The standard InChI is InChI=1S/C17H34N6O4S.HI/c1-19-17(22-14-5-8-23(9-6-14)13-16(18)24)20-7-11-28(25,26)21-12-15-4-2-3-10-27-15;/h14-15,21H,2-13H2,1H3,(H2,18,24)(H2,19,20,22);1H. The molecule has 2 heterocycles. The molecule has 170 valence electrons. The average Bonchev–Trinajstić information content (AvgIpc) is 2.67. The van der Waals surface area contributed by atoms with Gasteiger partial charge in [-0.3, -0.25) is 14.7 Å². The Bertz CT molecular complexity index is 619. The molecule has 2 aliphatic rings. The van der Waals surface area contributed by atoms with E-state index in [9.17, 15) is 13.2 Å². The highest BCUT2D eigenvalue weighted by atomic mass is 127. The van der Waals surface area contributed by atoms with Gasteiger partial charge in [-0.15, -0.1) is 24.0 Å². The molecule has 0 aliphatic carbocycles. The fraction of sp³-hybridized carbons (Fsp3) is 0.882. The number of nitrogens with zero attached hydrogens (tertiary/aromatic N) is 2. The van der Waals surface area contributed by atoms with Crippen molar-refractivity contribution in [1.29, 1.82) is 0 Å². The highest BCUT2D eigenvalue weighted by molar-refractivity contribution is 14.0. The Hall–Kier alpha value is -0.700. The van der Waals surface area contributed by atoms with Crippen LogP contribution in [0.1, 0.15) is 32.1 Å². The number of aliphatic imine (C=N–C) groups is 1. The Labute approximate surface area is 190 Å². The van der Waals surface area contributed by atoms with E-state index >= 15 is 0 Å². The van der Waals surface area contributed by atoms with Crippen molar-refractivity contribution in [3.63, 3.8) is 0 Å². The molecular formula is C17H35IN6O4S. The summed E-state index contributed by atoms with van der Waals surface area (Å²) in [6.45, 7) is 3.17. The van der Waals surface area contributed by atoms with E-state index in [0.717, 1.165) is 45.2 Å². The van der Waals surface area contributed by atoms with Gasteiger partial charge in [0.15, 0.2) is 5.96 Å². The number of rotatable bonds is 9. The van der Waals surface area contributed by atoms with Gasteiger partial charge in [-0.05, 0) is 32.1 Å². The lowest BCUT2D eigenvalue weighted by Crippen LogP contribution is -2.50. The van der Waals surface area contributed by atoms with Crippen LogP contribution in [0.2, 0.25) is 0 Å². The lowest BCUT2D eigenvalue weighted by molar-refractivity contribution is -0.119. The largest absolute Gasteiger partial charge is 0.377 e. The van der Waals surface area contributed by atoms with Gasteiger partial charge in [0.2, 0.25) is 15.9 Å².